The number of hydrogen-bond acceptors (Lipinski definition) is 6. The summed E-state index contributed by atoms with van der Waals surface area (Å²) in [6.45, 7) is 0.557. The second-order valence-electron chi connectivity index (χ2n) is 4.44. The van der Waals surface area contributed by atoms with Gasteiger partial charge in [-0.15, -0.1) is 0 Å². The summed E-state index contributed by atoms with van der Waals surface area (Å²) in [6, 6.07) is 0. The zero-order valence-corrected chi connectivity index (χ0v) is 10.6. The lowest BCUT2D eigenvalue weighted by molar-refractivity contribution is 0.0611. The minimum atomic E-state index is -2.30. The number of ether oxygens (including phenoxy) is 1. The third kappa shape index (κ3) is 2.15. The number of H-pyrrole nitrogens is 1. The first-order chi connectivity index (χ1) is 9.69. The lowest BCUT2D eigenvalue weighted by Crippen LogP contribution is -2.50. The van der Waals surface area contributed by atoms with Gasteiger partial charge in [-0.25, -0.2) is 13.8 Å². The maximum atomic E-state index is 12.5. The van der Waals surface area contributed by atoms with Gasteiger partial charge in [-0.3, -0.25) is 0 Å². The number of nitrogens with one attached hydrogen (secondary N) is 1. The highest BCUT2D eigenvalue weighted by Gasteiger charge is 2.35. The molecule has 106 valence electrons. The Morgan fingerprint density at radius 2 is 2.20 bits per heavy atom. The standard InChI is InChI=1S/C11H12F2N6O/c1-20-11-8(19-4-6(5-19)9(12)13)3-14-10(16-11)7-2-15-18-17-7/h2-3,6,9H,4-5H2,1H3,(H,15,17,18). The van der Waals surface area contributed by atoms with Gasteiger partial charge in [0.25, 0.3) is 0 Å². The average Bonchev–Trinajstić information content (AvgIpc) is 2.90. The summed E-state index contributed by atoms with van der Waals surface area (Å²) in [5, 5.41) is 10.0. The van der Waals surface area contributed by atoms with Crippen LogP contribution in [0.2, 0.25) is 0 Å². The first-order valence-electron chi connectivity index (χ1n) is 5.99. The van der Waals surface area contributed by atoms with E-state index in [1.165, 1.54) is 13.3 Å². The van der Waals surface area contributed by atoms with Gasteiger partial charge in [0.2, 0.25) is 12.3 Å². The molecule has 1 aliphatic heterocycles. The van der Waals surface area contributed by atoms with Crippen molar-refractivity contribution >= 4 is 5.69 Å². The van der Waals surface area contributed by atoms with Gasteiger partial charge in [-0.2, -0.15) is 20.4 Å². The van der Waals surface area contributed by atoms with E-state index in [0.29, 0.717) is 23.1 Å². The first-order valence-corrected chi connectivity index (χ1v) is 5.99. The fourth-order valence-corrected chi connectivity index (χ4v) is 2.03. The molecule has 1 aliphatic rings. The predicted molar refractivity (Wildman–Crippen MR) is 65.7 cm³/mol. The Morgan fingerprint density at radius 1 is 1.40 bits per heavy atom. The third-order valence-corrected chi connectivity index (χ3v) is 3.18. The highest BCUT2D eigenvalue weighted by molar-refractivity contribution is 5.59. The summed E-state index contributed by atoms with van der Waals surface area (Å²) in [5.41, 5.74) is 1.10. The molecule has 3 rings (SSSR count). The highest BCUT2D eigenvalue weighted by atomic mass is 19.3. The van der Waals surface area contributed by atoms with Gasteiger partial charge < -0.3 is 9.64 Å². The van der Waals surface area contributed by atoms with E-state index in [0.717, 1.165) is 0 Å². The van der Waals surface area contributed by atoms with Crippen LogP contribution in [-0.4, -0.2) is 52.0 Å². The largest absolute Gasteiger partial charge is 0.479 e. The number of methoxy groups -OCH3 is 1. The minimum absolute atomic E-state index is 0.278. The van der Waals surface area contributed by atoms with Crippen LogP contribution in [0.1, 0.15) is 0 Å². The summed E-state index contributed by atoms with van der Waals surface area (Å²) in [7, 11) is 1.47. The molecule has 0 radical (unpaired) electrons. The number of alkyl halides is 2. The molecule has 0 saturated carbocycles. The molecule has 0 spiro atoms. The molecule has 3 heterocycles. The summed E-state index contributed by atoms with van der Waals surface area (Å²) >= 11 is 0. The van der Waals surface area contributed by atoms with E-state index >= 15 is 0 Å². The zero-order valence-electron chi connectivity index (χ0n) is 10.6. The van der Waals surface area contributed by atoms with Gasteiger partial charge in [0.05, 0.1) is 25.4 Å². The molecule has 7 nitrogen and oxygen atoms in total. The second-order valence-corrected chi connectivity index (χ2v) is 4.44. The van der Waals surface area contributed by atoms with Gasteiger partial charge in [-0.05, 0) is 0 Å². The topological polar surface area (TPSA) is 79.8 Å². The van der Waals surface area contributed by atoms with Crippen molar-refractivity contribution in [1.82, 2.24) is 25.4 Å². The molecule has 1 N–H and O–H groups in total. The van der Waals surface area contributed by atoms with Crippen molar-refractivity contribution in [3.8, 4) is 17.4 Å². The molecule has 2 aromatic rings. The van der Waals surface area contributed by atoms with Gasteiger partial charge >= 0.3 is 0 Å². The Balaban J connectivity index is 1.83. The van der Waals surface area contributed by atoms with Crippen LogP contribution in [-0.2, 0) is 0 Å². The van der Waals surface area contributed by atoms with E-state index in [4.69, 9.17) is 4.74 Å². The molecule has 0 aromatic carbocycles. The number of nitrogens with zero attached hydrogens (tertiary/aromatic N) is 5. The molecule has 1 saturated heterocycles. The Bertz CT molecular complexity index is 585. The van der Waals surface area contributed by atoms with Crippen LogP contribution in [0, 0.1) is 5.92 Å². The van der Waals surface area contributed by atoms with Crippen molar-refractivity contribution in [2.24, 2.45) is 5.92 Å². The van der Waals surface area contributed by atoms with Crippen molar-refractivity contribution in [3.63, 3.8) is 0 Å². The quantitative estimate of drug-likeness (QED) is 0.900. The molecule has 0 unspecified atom stereocenters. The van der Waals surface area contributed by atoms with Crippen LogP contribution < -0.4 is 9.64 Å². The predicted octanol–water partition coefficient (Wildman–Crippen LogP) is 0.972. The lowest BCUT2D eigenvalue weighted by Gasteiger charge is -2.40. The van der Waals surface area contributed by atoms with Crippen molar-refractivity contribution < 1.29 is 13.5 Å². The minimum Gasteiger partial charge on any atom is -0.479 e. The fourth-order valence-electron chi connectivity index (χ4n) is 2.03. The fraction of sp³-hybridized carbons (Fsp3) is 0.455. The third-order valence-electron chi connectivity index (χ3n) is 3.18. The van der Waals surface area contributed by atoms with E-state index in [1.54, 1.807) is 11.1 Å². The van der Waals surface area contributed by atoms with Crippen molar-refractivity contribution in [3.05, 3.63) is 12.4 Å². The molecule has 0 aliphatic carbocycles. The Labute approximate surface area is 113 Å². The van der Waals surface area contributed by atoms with Crippen molar-refractivity contribution in [1.29, 1.82) is 0 Å². The van der Waals surface area contributed by atoms with E-state index < -0.39 is 12.3 Å². The van der Waals surface area contributed by atoms with Crippen LogP contribution >= 0.6 is 0 Å². The number of hydrogen-bond donors (Lipinski definition) is 1. The van der Waals surface area contributed by atoms with Crippen LogP contribution in [0.5, 0.6) is 5.88 Å². The maximum Gasteiger partial charge on any atom is 0.244 e. The summed E-state index contributed by atoms with van der Waals surface area (Å²) < 4.78 is 30.2. The Morgan fingerprint density at radius 3 is 2.80 bits per heavy atom. The van der Waals surface area contributed by atoms with E-state index in [-0.39, 0.29) is 13.1 Å². The molecule has 20 heavy (non-hydrogen) atoms. The number of rotatable bonds is 4. The molecule has 0 atom stereocenters. The van der Waals surface area contributed by atoms with Crippen LogP contribution in [0.4, 0.5) is 14.5 Å². The van der Waals surface area contributed by atoms with Gasteiger partial charge in [0.15, 0.2) is 5.82 Å². The number of aromatic amines is 1. The average molecular weight is 282 g/mol. The Kier molecular flexibility index (Phi) is 3.17. The molecule has 9 heteroatoms. The number of halogens is 2. The molecular formula is C11H12F2N6O. The van der Waals surface area contributed by atoms with E-state index in [2.05, 4.69) is 25.4 Å². The molecule has 0 amide bonds. The zero-order chi connectivity index (χ0) is 14.1. The van der Waals surface area contributed by atoms with Gasteiger partial charge in [0, 0.05) is 13.1 Å². The summed E-state index contributed by atoms with van der Waals surface area (Å²) in [4.78, 5) is 10.1. The maximum absolute atomic E-state index is 12.5. The molecule has 2 aromatic heterocycles. The molecule has 0 bridgehead atoms. The second kappa shape index (κ2) is 4.99. The van der Waals surface area contributed by atoms with Crippen LogP contribution in [0.25, 0.3) is 11.5 Å². The van der Waals surface area contributed by atoms with Crippen LogP contribution in [0.3, 0.4) is 0 Å². The first kappa shape index (κ1) is 12.7. The number of aromatic nitrogens is 5. The normalized spacial score (nSPS) is 15.5. The molecule has 1 fully saturated rings. The van der Waals surface area contributed by atoms with Gasteiger partial charge in [-0.1, -0.05) is 0 Å². The Hall–Kier alpha value is -2.32. The smallest absolute Gasteiger partial charge is 0.244 e. The summed E-state index contributed by atoms with van der Waals surface area (Å²) in [5.74, 6) is 0.103. The van der Waals surface area contributed by atoms with Gasteiger partial charge in [0.1, 0.15) is 11.4 Å². The van der Waals surface area contributed by atoms with Crippen molar-refractivity contribution in [2.75, 3.05) is 25.1 Å². The number of anilines is 1. The van der Waals surface area contributed by atoms with Crippen LogP contribution in [0.15, 0.2) is 12.4 Å². The monoisotopic (exact) mass is 282 g/mol. The highest BCUT2D eigenvalue weighted by Crippen LogP contribution is 2.34. The van der Waals surface area contributed by atoms with E-state index in [1.807, 2.05) is 0 Å². The van der Waals surface area contributed by atoms with E-state index in [9.17, 15) is 8.78 Å². The lowest BCUT2D eigenvalue weighted by atomic mass is 10.0. The summed E-state index contributed by atoms with van der Waals surface area (Å²) in [6.07, 6.45) is 0.746. The molecular weight excluding hydrogens is 270 g/mol. The SMILES string of the molecule is COc1nc(-c2cn[nH]n2)ncc1N1CC(C(F)F)C1. The van der Waals surface area contributed by atoms with Crippen molar-refractivity contribution in [2.45, 2.75) is 6.43 Å².